The third-order valence-corrected chi connectivity index (χ3v) is 7.56. The molecule has 1 saturated heterocycles. The molecule has 0 aromatic rings. The summed E-state index contributed by atoms with van der Waals surface area (Å²) < 4.78 is 5.77. The van der Waals surface area contributed by atoms with E-state index in [1.54, 1.807) is 0 Å². The van der Waals surface area contributed by atoms with Crippen LogP contribution in [-0.4, -0.2) is 29.7 Å². The highest BCUT2D eigenvalue weighted by atomic mass is 16.5. The molecule has 3 aliphatic carbocycles. The topological polar surface area (TPSA) is 46.5 Å². The number of allylic oxidation sites excluding steroid dienone is 1. The summed E-state index contributed by atoms with van der Waals surface area (Å²) in [5.41, 5.74) is 1.92. The van der Waals surface area contributed by atoms with E-state index in [4.69, 9.17) is 4.74 Å². The van der Waals surface area contributed by atoms with E-state index in [-0.39, 0.29) is 11.2 Å². The van der Waals surface area contributed by atoms with Gasteiger partial charge in [0.15, 0.2) is 5.78 Å². The van der Waals surface area contributed by atoms with Crippen LogP contribution < -0.4 is 0 Å². The molecule has 7 atom stereocenters. The van der Waals surface area contributed by atoms with Crippen LogP contribution in [0, 0.1) is 29.1 Å². The molecule has 2 saturated carbocycles. The van der Waals surface area contributed by atoms with Gasteiger partial charge in [-0.05, 0) is 62.4 Å². The Morgan fingerprint density at radius 3 is 2.77 bits per heavy atom. The van der Waals surface area contributed by atoms with E-state index in [1.807, 2.05) is 0 Å². The lowest BCUT2D eigenvalue weighted by molar-refractivity contribution is -0.213. The van der Waals surface area contributed by atoms with Crippen LogP contribution in [0.2, 0.25) is 0 Å². The van der Waals surface area contributed by atoms with Crippen molar-refractivity contribution in [1.82, 2.24) is 0 Å². The highest BCUT2D eigenvalue weighted by Crippen LogP contribution is 2.57. The Kier molecular flexibility index (Phi) is 3.32. The van der Waals surface area contributed by atoms with Gasteiger partial charge in [-0.3, -0.25) is 4.79 Å². The minimum atomic E-state index is -0.865. The van der Waals surface area contributed by atoms with Crippen molar-refractivity contribution in [3.8, 4) is 0 Å². The lowest BCUT2D eigenvalue weighted by Gasteiger charge is -2.58. The molecule has 3 nitrogen and oxygen atoms in total. The molecule has 0 aromatic heterocycles. The highest BCUT2D eigenvalue weighted by Gasteiger charge is 2.60. The van der Waals surface area contributed by atoms with Gasteiger partial charge in [0.05, 0.1) is 12.7 Å². The van der Waals surface area contributed by atoms with E-state index in [0.29, 0.717) is 29.8 Å². The van der Waals surface area contributed by atoms with Crippen molar-refractivity contribution in [1.29, 1.82) is 0 Å². The predicted octanol–water partition coefficient (Wildman–Crippen LogP) is 3.11. The Bertz CT molecular complexity index is 537. The third kappa shape index (κ3) is 1.85. The minimum Gasteiger partial charge on any atom is -0.381 e. The molecule has 4 aliphatic rings. The van der Waals surface area contributed by atoms with Gasteiger partial charge < -0.3 is 9.84 Å². The van der Waals surface area contributed by atoms with Gasteiger partial charge in [-0.15, -0.1) is 0 Å². The quantitative estimate of drug-likeness (QED) is 0.699. The van der Waals surface area contributed by atoms with Crippen LogP contribution in [0.1, 0.15) is 52.9 Å². The molecule has 122 valence electrons. The van der Waals surface area contributed by atoms with Gasteiger partial charge in [-0.2, -0.15) is 0 Å². The highest BCUT2D eigenvalue weighted by molar-refractivity contribution is 5.92. The predicted molar refractivity (Wildman–Crippen MR) is 84.3 cm³/mol. The second-order valence-electron chi connectivity index (χ2n) is 8.48. The van der Waals surface area contributed by atoms with Crippen LogP contribution in [0.15, 0.2) is 11.1 Å². The summed E-state index contributed by atoms with van der Waals surface area (Å²) in [6.07, 6.45) is 4.80. The fourth-order valence-corrected chi connectivity index (χ4v) is 5.74. The molecule has 1 N–H and O–H groups in total. The molecule has 2 unspecified atom stereocenters. The number of carbonyl (C=O) groups excluding carboxylic acids is 1. The first-order valence-corrected chi connectivity index (χ1v) is 8.95. The molecule has 0 radical (unpaired) electrons. The molecule has 4 rings (SSSR count). The largest absolute Gasteiger partial charge is 0.381 e. The molecule has 3 fully saturated rings. The smallest absolute Gasteiger partial charge is 0.171 e. The van der Waals surface area contributed by atoms with Gasteiger partial charge in [-0.25, -0.2) is 0 Å². The zero-order valence-corrected chi connectivity index (χ0v) is 14.0. The van der Waals surface area contributed by atoms with Gasteiger partial charge >= 0.3 is 0 Å². The van der Waals surface area contributed by atoms with Gasteiger partial charge in [0.2, 0.25) is 0 Å². The van der Waals surface area contributed by atoms with E-state index in [9.17, 15) is 9.90 Å². The first kappa shape index (κ1) is 14.9. The number of carbonyl (C=O) groups is 1. The fraction of sp³-hybridized carbons (Fsp3) is 0.842. The number of hydrogen-bond donors (Lipinski definition) is 1. The summed E-state index contributed by atoms with van der Waals surface area (Å²) in [4.78, 5) is 13.3. The Morgan fingerprint density at radius 1 is 1.32 bits per heavy atom. The summed E-state index contributed by atoms with van der Waals surface area (Å²) in [6, 6.07) is 0. The maximum absolute atomic E-state index is 13.3. The van der Waals surface area contributed by atoms with Gasteiger partial charge in [-0.1, -0.05) is 19.4 Å². The average Bonchev–Trinajstić information content (AvgIpc) is 2.48. The molecule has 0 aromatic carbocycles. The fourth-order valence-electron chi connectivity index (χ4n) is 5.74. The van der Waals surface area contributed by atoms with Crippen LogP contribution >= 0.6 is 0 Å². The molecule has 3 heteroatoms. The van der Waals surface area contributed by atoms with Crippen LogP contribution in [0.5, 0.6) is 0 Å². The average molecular weight is 304 g/mol. The van der Waals surface area contributed by atoms with Crippen molar-refractivity contribution in [3.63, 3.8) is 0 Å². The molecule has 0 amide bonds. The van der Waals surface area contributed by atoms with Crippen molar-refractivity contribution in [2.45, 2.75) is 65.1 Å². The van der Waals surface area contributed by atoms with E-state index >= 15 is 0 Å². The lowest BCUT2D eigenvalue weighted by atomic mass is 9.50. The standard InChI is InChI=1S/C19H28O3/c1-10-4-5-12-7-13(10)17(20)18(21)19(3)11(2)6-16-14(9-22-16)15(19)8-12/h11-12,14-17,20H,4-9H2,1-3H3/t11?,12-,14-,15+,16+,17?,19-/m1/s1. The van der Waals surface area contributed by atoms with Crippen LogP contribution in [0.25, 0.3) is 0 Å². The molecular formula is C19H28O3. The molecular weight excluding hydrogens is 276 g/mol. The number of fused-ring (bicyclic) bond motifs is 5. The SMILES string of the molecule is CC1=C2C[C@@H](CC1)C[C@H]1[C@H]3CO[C@H]3CC(C)[C@@]1(C)C(=O)C2O. The van der Waals surface area contributed by atoms with Gasteiger partial charge in [0.25, 0.3) is 0 Å². The normalized spacial score (nSPS) is 51.4. The summed E-state index contributed by atoms with van der Waals surface area (Å²) in [6.45, 7) is 7.24. The van der Waals surface area contributed by atoms with Crippen LogP contribution in [0.3, 0.4) is 0 Å². The summed E-state index contributed by atoms with van der Waals surface area (Å²) in [7, 11) is 0. The van der Waals surface area contributed by atoms with Gasteiger partial charge in [0.1, 0.15) is 6.10 Å². The Balaban J connectivity index is 1.78. The van der Waals surface area contributed by atoms with Crippen molar-refractivity contribution < 1.29 is 14.6 Å². The summed E-state index contributed by atoms with van der Waals surface area (Å²) >= 11 is 0. The zero-order valence-electron chi connectivity index (χ0n) is 14.0. The van der Waals surface area contributed by atoms with Crippen LogP contribution in [-0.2, 0) is 9.53 Å². The number of aliphatic hydroxyl groups is 1. The van der Waals surface area contributed by atoms with E-state index in [2.05, 4.69) is 20.8 Å². The Hall–Kier alpha value is -0.670. The first-order valence-electron chi connectivity index (χ1n) is 8.95. The maximum Gasteiger partial charge on any atom is 0.171 e. The van der Waals surface area contributed by atoms with E-state index < -0.39 is 6.10 Å². The number of rotatable bonds is 0. The second kappa shape index (κ2) is 4.91. The van der Waals surface area contributed by atoms with Crippen LogP contribution in [0.4, 0.5) is 0 Å². The Labute approximate surface area is 133 Å². The molecule has 1 heterocycles. The minimum absolute atomic E-state index is 0.0880. The monoisotopic (exact) mass is 304 g/mol. The van der Waals surface area contributed by atoms with E-state index in [1.165, 1.54) is 12.0 Å². The summed E-state index contributed by atoms with van der Waals surface area (Å²) in [5, 5.41) is 10.8. The Morgan fingerprint density at radius 2 is 2.09 bits per heavy atom. The van der Waals surface area contributed by atoms with Gasteiger partial charge in [0, 0.05) is 11.3 Å². The lowest BCUT2D eigenvalue weighted by Crippen LogP contribution is -2.62. The van der Waals surface area contributed by atoms with E-state index in [0.717, 1.165) is 37.9 Å². The number of ketones is 1. The van der Waals surface area contributed by atoms with Crippen molar-refractivity contribution >= 4 is 5.78 Å². The zero-order chi connectivity index (χ0) is 15.6. The maximum atomic E-state index is 13.3. The molecule has 2 bridgehead atoms. The molecule has 22 heavy (non-hydrogen) atoms. The van der Waals surface area contributed by atoms with Crippen molar-refractivity contribution in [2.75, 3.05) is 6.61 Å². The molecule has 1 aliphatic heterocycles. The summed E-state index contributed by atoms with van der Waals surface area (Å²) in [5.74, 6) is 1.94. The first-order chi connectivity index (χ1) is 10.4. The third-order valence-electron chi connectivity index (χ3n) is 7.56. The number of aliphatic hydroxyl groups excluding tert-OH is 1. The number of hydrogen-bond acceptors (Lipinski definition) is 3. The second-order valence-corrected chi connectivity index (χ2v) is 8.48. The number of ether oxygens (including phenoxy) is 1. The number of Topliss-reactive ketones (excluding diaryl/α,β-unsaturated/α-hetero) is 1. The van der Waals surface area contributed by atoms with Crippen molar-refractivity contribution in [2.24, 2.45) is 29.1 Å². The van der Waals surface area contributed by atoms with Crippen molar-refractivity contribution in [3.05, 3.63) is 11.1 Å². The molecule has 0 spiro atoms.